The van der Waals surface area contributed by atoms with Gasteiger partial charge >= 0.3 is 0 Å². The first-order chi connectivity index (χ1) is 10.0. The van der Waals surface area contributed by atoms with Crippen molar-refractivity contribution in [2.75, 3.05) is 27.2 Å². The second-order valence-corrected chi connectivity index (χ2v) is 5.59. The molecule has 5 heteroatoms. The summed E-state index contributed by atoms with van der Waals surface area (Å²) in [6.45, 7) is 4.44. The summed E-state index contributed by atoms with van der Waals surface area (Å²) in [5.74, 6) is 0.787. The van der Waals surface area contributed by atoms with E-state index in [0.29, 0.717) is 30.2 Å². The number of hydrogen-bond acceptors (Lipinski definition) is 3. The molecular formula is C16H25ClN2O2. The second-order valence-electron chi connectivity index (χ2n) is 5.18. The van der Waals surface area contributed by atoms with Crippen molar-refractivity contribution in [2.24, 2.45) is 0 Å². The van der Waals surface area contributed by atoms with Gasteiger partial charge in [0, 0.05) is 27.1 Å². The molecule has 0 saturated heterocycles. The molecular weight excluding hydrogens is 288 g/mol. The summed E-state index contributed by atoms with van der Waals surface area (Å²) >= 11 is 6.21. The van der Waals surface area contributed by atoms with Crippen molar-refractivity contribution in [2.45, 2.75) is 32.7 Å². The molecule has 0 spiro atoms. The molecule has 0 unspecified atom stereocenters. The van der Waals surface area contributed by atoms with Gasteiger partial charge in [0.15, 0.2) is 0 Å². The maximum absolute atomic E-state index is 11.4. The summed E-state index contributed by atoms with van der Waals surface area (Å²) in [6.07, 6.45) is 2.29. The highest BCUT2D eigenvalue weighted by Crippen LogP contribution is 2.25. The number of benzene rings is 1. The zero-order valence-corrected chi connectivity index (χ0v) is 13.9. The third kappa shape index (κ3) is 6.82. The molecule has 1 aromatic rings. The third-order valence-corrected chi connectivity index (χ3v) is 3.34. The number of hydrogen-bond donors (Lipinski definition) is 1. The van der Waals surface area contributed by atoms with Gasteiger partial charge in [-0.15, -0.1) is 0 Å². The molecule has 0 heterocycles. The predicted octanol–water partition coefficient (Wildman–Crippen LogP) is 3.09. The Hall–Kier alpha value is -1.26. The molecule has 0 atom stereocenters. The zero-order valence-electron chi connectivity index (χ0n) is 13.1. The van der Waals surface area contributed by atoms with Crippen LogP contribution in [0, 0.1) is 0 Å². The molecule has 0 aliphatic heterocycles. The van der Waals surface area contributed by atoms with E-state index in [1.807, 2.05) is 18.2 Å². The van der Waals surface area contributed by atoms with Crippen LogP contribution in [0.1, 0.15) is 31.7 Å². The molecule has 0 aliphatic carbocycles. The van der Waals surface area contributed by atoms with Crippen LogP contribution in [0.3, 0.4) is 0 Å². The van der Waals surface area contributed by atoms with Gasteiger partial charge in [-0.25, -0.2) is 0 Å². The number of carbonyl (C=O) groups is 1. The molecule has 1 rings (SSSR count). The molecule has 0 aromatic heterocycles. The summed E-state index contributed by atoms with van der Waals surface area (Å²) in [6, 6.07) is 5.82. The number of carbonyl (C=O) groups excluding carboxylic acids is 1. The van der Waals surface area contributed by atoms with Crippen LogP contribution in [0.2, 0.25) is 5.02 Å². The summed E-state index contributed by atoms with van der Waals surface area (Å²) in [4.78, 5) is 13.0. The van der Waals surface area contributed by atoms with Gasteiger partial charge in [-0.3, -0.25) is 4.79 Å². The first kappa shape index (κ1) is 17.8. The van der Waals surface area contributed by atoms with Crippen LogP contribution in [0.5, 0.6) is 5.75 Å². The number of nitrogens with zero attached hydrogens (tertiary/aromatic N) is 1. The largest absolute Gasteiger partial charge is 0.492 e. The number of ether oxygens (including phenoxy) is 1. The Morgan fingerprint density at radius 1 is 1.38 bits per heavy atom. The summed E-state index contributed by atoms with van der Waals surface area (Å²) in [5, 5.41) is 3.95. The topological polar surface area (TPSA) is 41.6 Å². The van der Waals surface area contributed by atoms with Gasteiger partial charge in [-0.1, -0.05) is 24.6 Å². The minimum Gasteiger partial charge on any atom is -0.492 e. The Bertz CT molecular complexity index is 450. The summed E-state index contributed by atoms with van der Waals surface area (Å²) < 4.78 is 5.62. The molecule has 1 amide bonds. The van der Waals surface area contributed by atoms with Gasteiger partial charge in [-0.05, 0) is 37.1 Å². The fourth-order valence-electron chi connectivity index (χ4n) is 1.81. The lowest BCUT2D eigenvalue weighted by Crippen LogP contribution is -2.21. The van der Waals surface area contributed by atoms with E-state index in [9.17, 15) is 4.79 Å². The number of nitrogens with one attached hydrogen (secondary N) is 1. The monoisotopic (exact) mass is 312 g/mol. The van der Waals surface area contributed by atoms with Gasteiger partial charge < -0.3 is 15.0 Å². The highest BCUT2D eigenvalue weighted by Gasteiger charge is 2.06. The van der Waals surface area contributed by atoms with Crippen LogP contribution in [0.15, 0.2) is 18.2 Å². The highest BCUT2D eigenvalue weighted by molar-refractivity contribution is 6.32. The summed E-state index contributed by atoms with van der Waals surface area (Å²) in [5.41, 5.74) is 1.14. The van der Waals surface area contributed by atoms with E-state index in [-0.39, 0.29) is 5.91 Å². The summed E-state index contributed by atoms with van der Waals surface area (Å²) in [7, 11) is 3.51. The molecule has 21 heavy (non-hydrogen) atoms. The minimum absolute atomic E-state index is 0.113. The van der Waals surface area contributed by atoms with Crippen molar-refractivity contribution in [3.8, 4) is 5.75 Å². The van der Waals surface area contributed by atoms with Crippen molar-refractivity contribution < 1.29 is 9.53 Å². The molecule has 0 bridgehead atoms. The van der Waals surface area contributed by atoms with Gasteiger partial charge in [0.2, 0.25) is 5.91 Å². The van der Waals surface area contributed by atoms with Crippen LogP contribution in [0.25, 0.3) is 0 Å². The van der Waals surface area contributed by atoms with Gasteiger partial charge in [0.1, 0.15) is 5.75 Å². The predicted molar refractivity (Wildman–Crippen MR) is 86.9 cm³/mol. The van der Waals surface area contributed by atoms with Crippen molar-refractivity contribution in [3.63, 3.8) is 0 Å². The van der Waals surface area contributed by atoms with Crippen molar-refractivity contribution in [1.82, 2.24) is 10.2 Å². The fourth-order valence-corrected chi connectivity index (χ4v) is 2.07. The second kappa shape index (κ2) is 9.64. The molecule has 4 nitrogen and oxygen atoms in total. The minimum atomic E-state index is 0.113. The zero-order chi connectivity index (χ0) is 15.7. The van der Waals surface area contributed by atoms with Crippen molar-refractivity contribution in [1.29, 1.82) is 0 Å². The lowest BCUT2D eigenvalue weighted by molar-refractivity contribution is -0.128. The molecule has 1 aromatic carbocycles. The van der Waals surface area contributed by atoms with Crippen LogP contribution >= 0.6 is 11.6 Å². The Balaban J connectivity index is 2.37. The van der Waals surface area contributed by atoms with Gasteiger partial charge in [0.05, 0.1) is 11.6 Å². The molecule has 118 valence electrons. The first-order valence-electron chi connectivity index (χ1n) is 7.36. The number of halogens is 1. The fraction of sp³-hybridized carbons (Fsp3) is 0.562. The van der Waals surface area contributed by atoms with E-state index in [1.165, 1.54) is 0 Å². The third-order valence-electron chi connectivity index (χ3n) is 3.04. The maximum atomic E-state index is 11.4. The molecule has 0 saturated carbocycles. The molecule has 0 aliphatic rings. The van der Waals surface area contributed by atoms with E-state index >= 15 is 0 Å². The van der Waals surface area contributed by atoms with E-state index in [0.717, 1.165) is 25.1 Å². The smallest absolute Gasteiger partial charge is 0.222 e. The average molecular weight is 313 g/mol. The standard InChI is InChI=1S/C16H25ClN2O2/c1-4-9-18-12-13-7-8-15(14(17)11-13)21-10-5-6-16(20)19(2)3/h7-8,11,18H,4-6,9-10,12H2,1-3H3. The van der Waals surface area contributed by atoms with Crippen molar-refractivity contribution in [3.05, 3.63) is 28.8 Å². The van der Waals surface area contributed by atoms with E-state index < -0.39 is 0 Å². The Morgan fingerprint density at radius 3 is 2.76 bits per heavy atom. The lowest BCUT2D eigenvalue weighted by Gasteiger charge is -2.12. The molecule has 1 N–H and O–H groups in total. The quantitative estimate of drug-likeness (QED) is 0.712. The van der Waals surface area contributed by atoms with E-state index in [2.05, 4.69) is 12.2 Å². The van der Waals surface area contributed by atoms with Crippen molar-refractivity contribution >= 4 is 17.5 Å². The Kier molecular flexibility index (Phi) is 8.16. The Morgan fingerprint density at radius 2 is 2.14 bits per heavy atom. The van der Waals surface area contributed by atoms with Gasteiger partial charge in [-0.2, -0.15) is 0 Å². The van der Waals surface area contributed by atoms with E-state index in [4.69, 9.17) is 16.3 Å². The maximum Gasteiger partial charge on any atom is 0.222 e. The molecule has 0 radical (unpaired) electrons. The normalized spacial score (nSPS) is 10.5. The van der Waals surface area contributed by atoms with Crippen LogP contribution < -0.4 is 10.1 Å². The highest BCUT2D eigenvalue weighted by atomic mass is 35.5. The average Bonchev–Trinajstić information content (AvgIpc) is 2.45. The number of amides is 1. The van der Waals surface area contributed by atoms with Crippen LogP contribution in [-0.4, -0.2) is 38.1 Å². The van der Waals surface area contributed by atoms with Crippen LogP contribution in [0.4, 0.5) is 0 Å². The molecule has 0 fully saturated rings. The SMILES string of the molecule is CCCNCc1ccc(OCCCC(=O)N(C)C)c(Cl)c1. The van der Waals surface area contributed by atoms with E-state index in [1.54, 1.807) is 19.0 Å². The van der Waals surface area contributed by atoms with Crippen LogP contribution in [-0.2, 0) is 11.3 Å². The first-order valence-corrected chi connectivity index (χ1v) is 7.74. The lowest BCUT2D eigenvalue weighted by atomic mass is 10.2. The number of rotatable bonds is 9. The van der Waals surface area contributed by atoms with Gasteiger partial charge in [0.25, 0.3) is 0 Å². The Labute approximate surface area is 132 Å².